The van der Waals surface area contributed by atoms with Gasteiger partial charge in [0, 0.05) is 11.4 Å². The van der Waals surface area contributed by atoms with Crippen LogP contribution in [0.4, 0.5) is 0 Å². The Kier molecular flexibility index (Phi) is 5.05. The largest absolute Gasteiger partial charge is 0.330 e. The monoisotopic (exact) mass is 198 g/mol. The van der Waals surface area contributed by atoms with Crippen LogP contribution in [-0.4, -0.2) is 25.0 Å². The van der Waals surface area contributed by atoms with Crippen LogP contribution in [0.5, 0.6) is 0 Å². The summed E-state index contributed by atoms with van der Waals surface area (Å²) in [7, 11) is 2.16. The molecular weight excluding hydrogens is 180 g/mol. The number of hydrogen-bond donors (Lipinski definition) is 1. The molecule has 1 rings (SSSR count). The first-order chi connectivity index (χ1) is 6.33. The minimum Gasteiger partial charge on any atom is -0.330 e. The van der Waals surface area contributed by atoms with Crippen LogP contribution in [0.2, 0.25) is 0 Å². The van der Waals surface area contributed by atoms with Gasteiger partial charge in [-0.15, -0.1) is 11.3 Å². The van der Waals surface area contributed by atoms with Crippen molar-refractivity contribution in [1.82, 2.24) is 4.90 Å². The smallest absolute Gasteiger partial charge is 0.0324 e. The maximum atomic E-state index is 5.43. The van der Waals surface area contributed by atoms with E-state index in [1.165, 1.54) is 11.3 Å². The quantitative estimate of drug-likeness (QED) is 0.708. The Balaban J connectivity index is 2.14. The Morgan fingerprint density at radius 3 is 2.92 bits per heavy atom. The standard InChI is InChI=1S/C10H18N2S/c1-12(7-3-2-6-11)9-10-5-4-8-13-10/h4-5,8H,2-3,6-7,9,11H2,1H3. The lowest BCUT2D eigenvalue weighted by Crippen LogP contribution is -2.19. The predicted molar refractivity (Wildman–Crippen MR) is 58.9 cm³/mol. The van der Waals surface area contributed by atoms with Gasteiger partial charge in [-0.05, 0) is 44.4 Å². The zero-order valence-corrected chi connectivity index (χ0v) is 9.02. The molecule has 1 aromatic rings. The molecule has 0 unspecified atom stereocenters. The number of rotatable bonds is 6. The highest BCUT2D eigenvalue weighted by atomic mass is 32.1. The van der Waals surface area contributed by atoms with Crippen molar-refractivity contribution in [2.45, 2.75) is 19.4 Å². The summed E-state index contributed by atoms with van der Waals surface area (Å²) in [6.45, 7) is 3.03. The molecule has 0 saturated carbocycles. The number of nitrogens with zero attached hydrogens (tertiary/aromatic N) is 1. The molecule has 1 aromatic heterocycles. The van der Waals surface area contributed by atoms with E-state index >= 15 is 0 Å². The molecule has 3 heteroatoms. The predicted octanol–water partition coefficient (Wildman–Crippen LogP) is 1.92. The highest BCUT2D eigenvalue weighted by Gasteiger charge is 1.99. The molecule has 13 heavy (non-hydrogen) atoms. The summed E-state index contributed by atoms with van der Waals surface area (Å²) in [6.07, 6.45) is 2.34. The van der Waals surface area contributed by atoms with Gasteiger partial charge in [-0.2, -0.15) is 0 Å². The lowest BCUT2D eigenvalue weighted by atomic mass is 10.3. The van der Waals surface area contributed by atoms with Crippen molar-refractivity contribution < 1.29 is 0 Å². The summed E-state index contributed by atoms with van der Waals surface area (Å²) in [6, 6.07) is 4.29. The molecule has 0 aliphatic carbocycles. The highest BCUT2D eigenvalue weighted by Crippen LogP contribution is 2.10. The van der Waals surface area contributed by atoms with Crippen molar-refractivity contribution in [3.05, 3.63) is 22.4 Å². The third kappa shape index (κ3) is 4.41. The van der Waals surface area contributed by atoms with E-state index in [0.717, 1.165) is 26.1 Å². The molecule has 0 aromatic carbocycles. The number of unbranched alkanes of at least 4 members (excludes halogenated alkanes) is 1. The van der Waals surface area contributed by atoms with Crippen molar-refractivity contribution >= 4 is 11.3 Å². The zero-order chi connectivity index (χ0) is 9.52. The Hall–Kier alpha value is -0.380. The normalized spacial score (nSPS) is 11.0. The minimum atomic E-state index is 0.812. The van der Waals surface area contributed by atoms with E-state index in [0.29, 0.717) is 0 Å². The Morgan fingerprint density at radius 1 is 1.46 bits per heavy atom. The van der Waals surface area contributed by atoms with Gasteiger partial charge in [-0.25, -0.2) is 0 Å². The zero-order valence-electron chi connectivity index (χ0n) is 8.20. The van der Waals surface area contributed by atoms with Crippen LogP contribution in [0.3, 0.4) is 0 Å². The molecule has 0 amide bonds. The first-order valence-corrected chi connectivity index (χ1v) is 5.62. The molecule has 2 nitrogen and oxygen atoms in total. The average Bonchev–Trinajstić information content (AvgIpc) is 2.57. The van der Waals surface area contributed by atoms with E-state index in [-0.39, 0.29) is 0 Å². The van der Waals surface area contributed by atoms with E-state index in [4.69, 9.17) is 5.73 Å². The van der Waals surface area contributed by atoms with Crippen molar-refractivity contribution in [1.29, 1.82) is 0 Å². The van der Waals surface area contributed by atoms with Crippen LogP contribution in [0, 0.1) is 0 Å². The Labute approximate surface area is 84.4 Å². The van der Waals surface area contributed by atoms with Crippen LogP contribution < -0.4 is 5.73 Å². The fourth-order valence-electron chi connectivity index (χ4n) is 1.27. The average molecular weight is 198 g/mol. The van der Waals surface area contributed by atoms with E-state index < -0.39 is 0 Å². The fourth-order valence-corrected chi connectivity index (χ4v) is 2.06. The van der Waals surface area contributed by atoms with Crippen LogP contribution in [0.1, 0.15) is 17.7 Å². The first kappa shape index (κ1) is 10.7. The molecule has 2 N–H and O–H groups in total. The van der Waals surface area contributed by atoms with Crippen molar-refractivity contribution in [3.63, 3.8) is 0 Å². The summed E-state index contributed by atoms with van der Waals surface area (Å²) in [5.74, 6) is 0. The van der Waals surface area contributed by atoms with Gasteiger partial charge in [-0.1, -0.05) is 6.07 Å². The lowest BCUT2D eigenvalue weighted by Gasteiger charge is -2.14. The highest BCUT2D eigenvalue weighted by molar-refractivity contribution is 7.09. The van der Waals surface area contributed by atoms with E-state index in [2.05, 4.69) is 29.5 Å². The van der Waals surface area contributed by atoms with Gasteiger partial charge in [-0.3, -0.25) is 0 Å². The third-order valence-electron chi connectivity index (χ3n) is 2.00. The molecule has 0 radical (unpaired) electrons. The summed E-state index contributed by atoms with van der Waals surface area (Å²) in [5.41, 5.74) is 5.43. The third-order valence-corrected chi connectivity index (χ3v) is 2.86. The van der Waals surface area contributed by atoms with Crippen LogP contribution >= 0.6 is 11.3 Å². The molecular formula is C10H18N2S. The van der Waals surface area contributed by atoms with E-state index in [9.17, 15) is 0 Å². The number of hydrogen-bond acceptors (Lipinski definition) is 3. The maximum absolute atomic E-state index is 5.43. The molecule has 1 heterocycles. The fraction of sp³-hybridized carbons (Fsp3) is 0.600. The molecule has 0 bridgehead atoms. The van der Waals surface area contributed by atoms with Gasteiger partial charge in [0.25, 0.3) is 0 Å². The minimum absolute atomic E-state index is 0.812. The number of nitrogens with two attached hydrogens (primary N) is 1. The SMILES string of the molecule is CN(CCCCN)Cc1cccs1. The second-order valence-corrected chi connectivity index (χ2v) is 4.35. The Bertz CT molecular complexity index is 209. The lowest BCUT2D eigenvalue weighted by molar-refractivity contribution is 0.322. The van der Waals surface area contributed by atoms with Crippen molar-refractivity contribution in [2.24, 2.45) is 5.73 Å². The second-order valence-electron chi connectivity index (χ2n) is 3.31. The van der Waals surface area contributed by atoms with E-state index in [1.54, 1.807) is 0 Å². The Morgan fingerprint density at radius 2 is 2.31 bits per heavy atom. The summed E-state index contributed by atoms with van der Waals surface area (Å²) in [5, 5.41) is 2.13. The van der Waals surface area contributed by atoms with Crippen molar-refractivity contribution in [2.75, 3.05) is 20.1 Å². The molecule has 0 aliphatic rings. The van der Waals surface area contributed by atoms with Gasteiger partial charge in [0.1, 0.15) is 0 Å². The molecule has 0 saturated heterocycles. The molecule has 0 atom stereocenters. The second kappa shape index (κ2) is 6.13. The van der Waals surface area contributed by atoms with Gasteiger partial charge in [0.05, 0.1) is 0 Å². The molecule has 0 spiro atoms. The first-order valence-electron chi connectivity index (χ1n) is 4.74. The summed E-state index contributed by atoms with van der Waals surface area (Å²) in [4.78, 5) is 3.79. The van der Waals surface area contributed by atoms with Crippen LogP contribution in [0.15, 0.2) is 17.5 Å². The summed E-state index contributed by atoms with van der Waals surface area (Å²) >= 11 is 1.82. The number of thiophene rings is 1. The van der Waals surface area contributed by atoms with Gasteiger partial charge in [0.2, 0.25) is 0 Å². The van der Waals surface area contributed by atoms with Crippen molar-refractivity contribution in [3.8, 4) is 0 Å². The van der Waals surface area contributed by atoms with Crippen LogP contribution in [-0.2, 0) is 6.54 Å². The van der Waals surface area contributed by atoms with Gasteiger partial charge >= 0.3 is 0 Å². The van der Waals surface area contributed by atoms with E-state index in [1.807, 2.05) is 11.3 Å². The van der Waals surface area contributed by atoms with Gasteiger partial charge in [0.15, 0.2) is 0 Å². The summed E-state index contributed by atoms with van der Waals surface area (Å²) < 4.78 is 0. The molecule has 0 aliphatic heterocycles. The van der Waals surface area contributed by atoms with Gasteiger partial charge < -0.3 is 10.6 Å². The molecule has 74 valence electrons. The van der Waals surface area contributed by atoms with Crippen LogP contribution in [0.25, 0.3) is 0 Å². The molecule has 0 fully saturated rings. The topological polar surface area (TPSA) is 29.3 Å². The maximum Gasteiger partial charge on any atom is 0.0324 e.